The average Bonchev–Trinajstić information content (AvgIpc) is 2.94. The van der Waals surface area contributed by atoms with Gasteiger partial charge < -0.3 is 14.8 Å². The molecule has 2 unspecified atom stereocenters. The van der Waals surface area contributed by atoms with Gasteiger partial charge in [0.25, 0.3) is 0 Å². The Bertz CT molecular complexity index is 405. The molecule has 1 aromatic carbocycles. The standard InChI is InChI=1S/C14H19NO2/c1-10-2-4-12(6-10)15-8-11-3-5-13-14(7-11)17-9-16-13/h3,5,7,10,12,15H,2,4,6,8-9H2,1H3. The second kappa shape index (κ2) is 4.57. The third-order valence-corrected chi connectivity index (χ3v) is 3.73. The van der Waals surface area contributed by atoms with Crippen molar-refractivity contribution in [3.8, 4) is 11.5 Å². The van der Waals surface area contributed by atoms with Gasteiger partial charge >= 0.3 is 0 Å². The summed E-state index contributed by atoms with van der Waals surface area (Å²) < 4.78 is 10.7. The van der Waals surface area contributed by atoms with Crippen LogP contribution >= 0.6 is 0 Å². The Kier molecular flexibility index (Phi) is 2.93. The van der Waals surface area contributed by atoms with Crippen molar-refractivity contribution in [2.24, 2.45) is 5.92 Å². The third-order valence-electron chi connectivity index (χ3n) is 3.73. The van der Waals surface area contributed by atoms with Gasteiger partial charge in [-0.3, -0.25) is 0 Å². The van der Waals surface area contributed by atoms with Gasteiger partial charge in [-0.25, -0.2) is 0 Å². The summed E-state index contributed by atoms with van der Waals surface area (Å²) >= 11 is 0. The molecule has 0 spiro atoms. The molecule has 0 saturated heterocycles. The van der Waals surface area contributed by atoms with E-state index in [9.17, 15) is 0 Å². The monoisotopic (exact) mass is 233 g/mol. The zero-order valence-corrected chi connectivity index (χ0v) is 10.2. The maximum atomic E-state index is 5.38. The van der Waals surface area contributed by atoms with Crippen molar-refractivity contribution in [2.45, 2.75) is 38.8 Å². The molecule has 1 fully saturated rings. The smallest absolute Gasteiger partial charge is 0.231 e. The van der Waals surface area contributed by atoms with E-state index in [2.05, 4.69) is 24.4 Å². The van der Waals surface area contributed by atoms with Crippen molar-refractivity contribution in [3.05, 3.63) is 23.8 Å². The Morgan fingerprint density at radius 1 is 1.24 bits per heavy atom. The van der Waals surface area contributed by atoms with Crippen LogP contribution in [0.3, 0.4) is 0 Å². The first-order valence-electron chi connectivity index (χ1n) is 6.43. The van der Waals surface area contributed by atoms with Gasteiger partial charge in [0.05, 0.1) is 0 Å². The fourth-order valence-corrected chi connectivity index (χ4v) is 2.71. The van der Waals surface area contributed by atoms with E-state index >= 15 is 0 Å². The summed E-state index contributed by atoms with van der Waals surface area (Å²) in [6, 6.07) is 6.87. The zero-order chi connectivity index (χ0) is 11.7. The molecule has 1 saturated carbocycles. The van der Waals surface area contributed by atoms with Gasteiger partial charge in [0.15, 0.2) is 11.5 Å². The number of nitrogens with one attached hydrogen (secondary N) is 1. The maximum absolute atomic E-state index is 5.38. The van der Waals surface area contributed by atoms with E-state index in [-0.39, 0.29) is 0 Å². The number of rotatable bonds is 3. The lowest BCUT2D eigenvalue weighted by Crippen LogP contribution is -2.25. The molecule has 1 aromatic rings. The molecule has 92 valence electrons. The van der Waals surface area contributed by atoms with Crippen LogP contribution in [0, 0.1) is 5.92 Å². The molecule has 0 bridgehead atoms. The lowest BCUT2D eigenvalue weighted by molar-refractivity contribution is 0.174. The molecule has 3 rings (SSSR count). The minimum absolute atomic E-state index is 0.354. The van der Waals surface area contributed by atoms with Crippen LogP contribution in [-0.2, 0) is 6.54 Å². The number of benzene rings is 1. The van der Waals surface area contributed by atoms with Gasteiger partial charge in [-0.05, 0) is 42.9 Å². The Labute approximate surface area is 102 Å². The fraction of sp³-hybridized carbons (Fsp3) is 0.571. The van der Waals surface area contributed by atoms with E-state index in [1.165, 1.54) is 24.8 Å². The van der Waals surface area contributed by atoms with Gasteiger partial charge in [-0.15, -0.1) is 0 Å². The molecule has 1 heterocycles. The van der Waals surface area contributed by atoms with Crippen LogP contribution in [-0.4, -0.2) is 12.8 Å². The summed E-state index contributed by atoms with van der Waals surface area (Å²) in [5.41, 5.74) is 1.27. The minimum atomic E-state index is 0.354. The topological polar surface area (TPSA) is 30.5 Å². The van der Waals surface area contributed by atoms with E-state index in [4.69, 9.17) is 9.47 Å². The van der Waals surface area contributed by atoms with E-state index in [0.717, 1.165) is 24.0 Å². The first-order valence-corrected chi connectivity index (χ1v) is 6.43. The van der Waals surface area contributed by atoms with Gasteiger partial charge in [-0.2, -0.15) is 0 Å². The first kappa shape index (κ1) is 10.9. The molecule has 17 heavy (non-hydrogen) atoms. The van der Waals surface area contributed by atoms with E-state index < -0.39 is 0 Å². The Balaban J connectivity index is 1.58. The highest BCUT2D eigenvalue weighted by Gasteiger charge is 2.20. The summed E-state index contributed by atoms with van der Waals surface area (Å²) in [4.78, 5) is 0. The van der Waals surface area contributed by atoms with Crippen molar-refractivity contribution in [3.63, 3.8) is 0 Å². The Morgan fingerprint density at radius 2 is 2.12 bits per heavy atom. The number of hydrogen-bond donors (Lipinski definition) is 1. The molecular formula is C14H19NO2. The van der Waals surface area contributed by atoms with Crippen LogP contribution in [0.2, 0.25) is 0 Å². The lowest BCUT2D eigenvalue weighted by Gasteiger charge is -2.12. The highest BCUT2D eigenvalue weighted by molar-refractivity contribution is 5.44. The fourth-order valence-electron chi connectivity index (χ4n) is 2.71. The molecule has 2 atom stereocenters. The summed E-state index contributed by atoms with van der Waals surface area (Å²) in [5, 5.41) is 3.62. The largest absolute Gasteiger partial charge is 0.454 e. The maximum Gasteiger partial charge on any atom is 0.231 e. The van der Waals surface area contributed by atoms with Crippen molar-refractivity contribution >= 4 is 0 Å². The summed E-state index contributed by atoms with van der Waals surface area (Å²) in [5.74, 6) is 2.62. The molecule has 0 radical (unpaired) electrons. The predicted octanol–water partition coefficient (Wildman–Crippen LogP) is 2.69. The van der Waals surface area contributed by atoms with Gasteiger partial charge in [0, 0.05) is 12.6 Å². The van der Waals surface area contributed by atoms with Crippen LogP contribution in [0.25, 0.3) is 0 Å². The lowest BCUT2D eigenvalue weighted by atomic mass is 10.1. The SMILES string of the molecule is CC1CCC(NCc2ccc3c(c2)OCO3)C1. The number of ether oxygens (including phenoxy) is 2. The van der Waals surface area contributed by atoms with Crippen LogP contribution in [0.15, 0.2) is 18.2 Å². The van der Waals surface area contributed by atoms with Crippen LogP contribution in [0.1, 0.15) is 31.7 Å². The molecule has 1 N–H and O–H groups in total. The highest BCUT2D eigenvalue weighted by atomic mass is 16.7. The summed E-state index contributed by atoms with van der Waals surface area (Å²) in [7, 11) is 0. The molecule has 3 heteroatoms. The molecule has 0 aromatic heterocycles. The second-order valence-corrected chi connectivity index (χ2v) is 5.18. The second-order valence-electron chi connectivity index (χ2n) is 5.18. The normalized spacial score (nSPS) is 26.4. The van der Waals surface area contributed by atoms with E-state index in [0.29, 0.717) is 12.8 Å². The average molecular weight is 233 g/mol. The quantitative estimate of drug-likeness (QED) is 0.870. The van der Waals surface area contributed by atoms with Crippen molar-refractivity contribution in [1.29, 1.82) is 0 Å². The van der Waals surface area contributed by atoms with Gasteiger partial charge in [-0.1, -0.05) is 13.0 Å². The van der Waals surface area contributed by atoms with Crippen molar-refractivity contribution < 1.29 is 9.47 Å². The van der Waals surface area contributed by atoms with Crippen LogP contribution in [0.4, 0.5) is 0 Å². The molecule has 1 aliphatic heterocycles. The van der Waals surface area contributed by atoms with Gasteiger partial charge in [0.2, 0.25) is 6.79 Å². The van der Waals surface area contributed by atoms with E-state index in [1.54, 1.807) is 0 Å². The molecule has 3 nitrogen and oxygen atoms in total. The number of fused-ring (bicyclic) bond motifs is 1. The minimum Gasteiger partial charge on any atom is -0.454 e. The first-order chi connectivity index (χ1) is 8.31. The van der Waals surface area contributed by atoms with Crippen LogP contribution < -0.4 is 14.8 Å². The molecular weight excluding hydrogens is 214 g/mol. The highest BCUT2D eigenvalue weighted by Crippen LogP contribution is 2.32. The molecule has 0 amide bonds. The Morgan fingerprint density at radius 3 is 2.94 bits per heavy atom. The van der Waals surface area contributed by atoms with Crippen LogP contribution in [0.5, 0.6) is 11.5 Å². The molecule has 2 aliphatic rings. The summed E-state index contributed by atoms with van der Waals surface area (Å²) in [6.45, 7) is 3.61. The number of hydrogen-bond acceptors (Lipinski definition) is 3. The Hall–Kier alpha value is -1.22. The van der Waals surface area contributed by atoms with Crippen molar-refractivity contribution in [1.82, 2.24) is 5.32 Å². The van der Waals surface area contributed by atoms with Gasteiger partial charge in [0.1, 0.15) is 0 Å². The summed E-state index contributed by atoms with van der Waals surface area (Å²) in [6.07, 6.45) is 3.98. The zero-order valence-electron chi connectivity index (χ0n) is 10.2. The predicted molar refractivity (Wildman–Crippen MR) is 66.2 cm³/mol. The third kappa shape index (κ3) is 2.39. The van der Waals surface area contributed by atoms with E-state index in [1.807, 2.05) is 6.07 Å². The van der Waals surface area contributed by atoms with Crippen molar-refractivity contribution in [2.75, 3.05) is 6.79 Å². The molecule has 1 aliphatic carbocycles.